The lowest BCUT2D eigenvalue weighted by molar-refractivity contribution is -0.153. The molecule has 1 amide bonds. The molecule has 8 heteroatoms. The fraction of sp³-hybridized carbons (Fsp3) is 0.316. The first kappa shape index (κ1) is 20.6. The van der Waals surface area contributed by atoms with Crippen LogP contribution in [0.1, 0.15) is 18.1 Å². The maximum Gasteiger partial charge on any atom is 0.422 e. The van der Waals surface area contributed by atoms with Gasteiger partial charge in [-0.05, 0) is 30.2 Å². The molecule has 0 aromatic heterocycles. The van der Waals surface area contributed by atoms with Crippen molar-refractivity contribution in [1.82, 2.24) is 5.32 Å². The van der Waals surface area contributed by atoms with Gasteiger partial charge in [0.25, 0.3) is 0 Å². The molecule has 146 valence electrons. The molecule has 2 rings (SSSR count). The van der Waals surface area contributed by atoms with Crippen LogP contribution in [0.25, 0.3) is 0 Å². The summed E-state index contributed by atoms with van der Waals surface area (Å²) in [6.45, 7) is 0.322. The molecule has 0 heterocycles. The van der Waals surface area contributed by atoms with E-state index in [4.69, 9.17) is 15.2 Å². The van der Waals surface area contributed by atoms with Crippen molar-refractivity contribution in [1.29, 1.82) is 0 Å². The minimum absolute atomic E-state index is 0.0298. The quantitative estimate of drug-likeness (QED) is 0.772. The number of benzene rings is 2. The zero-order valence-electron chi connectivity index (χ0n) is 15.0. The van der Waals surface area contributed by atoms with Crippen molar-refractivity contribution < 1.29 is 27.4 Å². The Bertz CT molecular complexity index is 778. The molecule has 0 radical (unpaired) electrons. The summed E-state index contributed by atoms with van der Waals surface area (Å²) in [5, 5.41) is 2.72. The van der Waals surface area contributed by atoms with Gasteiger partial charge in [-0.2, -0.15) is 13.2 Å². The monoisotopic (exact) mass is 382 g/mol. The lowest BCUT2D eigenvalue weighted by Crippen LogP contribution is -2.48. The van der Waals surface area contributed by atoms with Crippen LogP contribution in [-0.4, -0.2) is 25.8 Å². The van der Waals surface area contributed by atoms with E-state index in [2.05, 4.69) is 5.32 Å². The van der Waals surface area contributed by atoms with Gasteiger partial charge in [-0.25, -0.2) is 0 Å². The molecule has 2 aromatic rings. The third-order valence-corrected chi connectivity index (χ3v) is 3.92. The van der Waals surface area contributed by atoms with Crippen LogP contribution in [0.5, 0.6) is 11.5 Å². The molecule has 1 unspecified atom stereocenters. The van der Waals surface area contributed by atoms with Gasteiger partial charge in [0, 0.05) is 6.54 Å². The van der Waals surface area contributed by atoms with Gasteiger partial charge in [-0.3, -0.25) is 4.79 Å². The van der Waals surface area contributed by atoms with Gasteiger partial charge in [-0.1, -0.05) is 36.4 Å². The first-order chi connectivity index (χ1) is 12.6. The highest BCUT2D eigenvalue weighted by Gasteiger charge is 2.30. The molecular formula is C19H21F3N2O3. The Hall–Kier alpha value is -2.74. The molecule has 0 bridgehead atoms. The predicted molar refractivity (Wildman–Crippen MR) is 94.4 cm³/mol. The molecule has 5 nitrogen and oxygen atoms in total. The summed E-state index contributed by atoms with van der Waals surface area (Å²) < 4.78 is 46.7. The lowest BCUT2D eigenvalue weighted by atomic mass is 9.92. The number of halogens is 3. The van der Waals surface area contributed by atoms with Gasteiger partial charge in [0.1, 0.15) is 5.54 Å². The van der Waals surface area contributed by atoms with E-state index in [1.165, 1.54) is 19.2 Å². The number of methoxy groups -OCH3 is 1. The zero-order chi connectivity index (χ0) is 20.1. The van der Waals surface area contributed by atoms with Crippen molar-refractivity contribution in [2.24, 2.45) is 5.73 Å². The summed E-state index contributed by atoms with van der Waals surface area (Å²) in [6, 6.07) is 13.3. The third kappa shape index (κ3) is 5.62. The molecule has 1 atom stereocenters. The Morgan fingerprint density at radius 3 is 2.37 bits per heavy atom. The zero-order valence-corrected chi connectivity index (χ0v) is 15.0. The second-order valence-electron chi connectivity index (χ2n) is 6.14. The Balaban J connectivity index is 2.04. The molecule has 0 aliphatic heterocycles. The van der Waals surface area contributed by atoms with Crippen LogP contribution in [0.4, 0.5) is 13.2 Å². The summed E-state index contributed by atoms with van der Waals surface area (Å²) in [7, 11) is 1.32. The van der Waals surface area contributed by atoms with Crippen LogP contribution in [0, 0.1) is 0 Å². The van der Waals surface area contributed by atoms with Crippen LogP contribution in [0.2, 0.25) is 0 Å². The summed E-state index contributed by atoms with van der Waals surface area (Å²) in [6.07, 6.45) is -4.44. The molecule has 0 spiro atoms. The standard InChI is InChI=1S/C19H21F3N2O3/c1-18(23,14-6-4-3-5-7-14)17(25)24-11-13-8-9-15(16(10-13)26-2)27-12-19(20,21)22/h3-10H,11-12,23H2,1-2H3,(H,24,25). The minimum Gasteiger partial charge on any atom is -0.493 e. The smallest absolute Gasteiger partial charge is 0.422 e. The molecule has 27 heavy (non-hydrogen) atoms. The Morgan fingerprint density at radius 1 is 1.11 bits per heavy atom. The highest BCUT2D eigenvalue weighted by atomic mass is 19.4. The molecule has 0 fully saturated rings. The topological polar surface area (TPSA) is 73.6 Å². The summed E-state index contributed by atoms with van der Waals surface area (Å²) >= 11 is 0. The number of ether oxygens (including phenoxy) is 2. The molecule has 0 saturated heterocycles. The van der Waals surface area contributed by atoms with Crippen molar-refractivity contribution in [2.75, 3.05) is 13.7 Å². The van der Waals surface area contributed by atoms with E-state index in [0.717, 1.165) is 0 Å². The highest BCUT2D eigenvalue weighted by Crippen LogP contribution is 2.30. The maximum absolute atomic E-state index is 12.5. The molecule has 0 aliphatic rings. The number of carbonyl (C=O) groups excluding carboxylic acids is 1. The molecule has 3 N–H and O–H groups in total. The lowest BCUT2D eigenvalue weighted by Gasteiger charge is -2.24. The molecule has 2 aromatic carbocycles. The van der Waals surface area contributed by atoms with Gasteiger partial charge < -0.3 is 20.5 Å². The first-order valence-electron chi connectivity index (χ1n) is 8.12. The van der Waals surface area contributed by atoms with Gasteiger partial charge in [0.2, 0.25) is 5.91 Å². The number of hydrogen-bond donors (Lipinski definition) is 2. The second-order valence-corrected chi connectivity index (χ2v) is 6.14. The van der Waals surface area contributed by atoms with Crippen molar-refractivity contribution in [3.05, 3.63) is 59.7 Å². The fourth-order valence-corrected chi connectivity index (χ4v) is 2.38. The Kier molecular flexibility index (Phi) is 6.32. The number of carbonyl (C=O) groups is 1. The van der Waals surface area contributed by atoms with E-state index in [9.17, 15) is 18.0 Å². The number of nitrogens with two attached hydrogens (primary N) is 1. The number of alkyl halides is 3. The van der Waals surface area contributed by atoms with Crippen LogP contribution in [0.3, 0.4) is 0 Å². The van der Waals surface area contributed by atoms with Gasteiger partial charge in [0.05, 0.1) is 7.11 Å². The predicted octanol–water partition coefficient (Wildman–Crippen LogP) is 3.13. The highest BCUT2D eigenvalue weighted by molar-refractivity contribution is 5.86. The number of amides is 1. The van der Waals surface area contributed by atoms with Crippen molar-refractivity contribution >= 4 is 5.91 Å². The van der Waals surface area contributed by atoms with Crippen LogP contribution < -0.4 is 20.5 Å². The van der Waals surface area contributed by atoms with Crippen LogP contribution >= 0.6 is 0 Å². The maximum atomic E-state index is 12.5. The van der Waals surface area contributed by atoms with Crippen molar-refractivity contribution in [2.45, 2.75) is 25.2 Å². The van der Waals surface area contributed by atoms with Crippen molar-refractivity contribution in [3.63, 3.8) is 0 Å². The normalized spacial score (nSPS) is 13.6. The number of rotatable bonds is 7. The largest absolute Gasteiger partial charge is 0.493 e. The third-order valence-electron chi connectivity index (χ3n) is 3.92. The second kappa shape index (κ2) is 8.30. The molecule has 0 saturated carbocycles. The average molecular weight is 382 g/mol. The van der Waals surface area contributed by atoms with E-state index in [1.54, 1.807) is 37.3 Å². The molecular weight excluding hydrogens is 361 g/mol. The van der Waals surface area contributed by atoms with Gasteiger partial charge in [-0.15, -0.1) is 0 Å². The van der Waals surface area contributed by atoms with Gasteiger partial charge in [0.15, 0.2) is 18.1 Å². The Labute approximate surface area is 155 Å². The average Bonchev–Trinajstić information content (AvgIpc) is 2.64. The van der Waals surface area contributed by atoms with E-state index < -0.39 is 18.3 Å². The van der Waals surface area contributed by atoms with E-state index >= 15 is 0 Å². The first-order valence-corrected chi connectivity index (χ1v) is 8.12. The van der Waals surface area contributed by atoms with Crippen molar-refractivity contribution in [3.8, 4) is 11.5 Å². The summed E-state index contributed by atoms with van der Waals surface area (Å²) in [4.78, 5) is 12.5. The van der Waals surface area contributed by atoms with Gasteiger partial charge >= 0.3 is 6.18 Å². The van der Waals surface area contributed by atoms with E-state index in [1.807, 2.05) is 6.07 Å². The van der Waals surface area contributed by atoms with E-state index in [-0.39, 0.29) is 24.0 Å². The van der Waals surface area contributed by atoms with Crippen LogP contribution in [0.15, 0.2) is 48.5 Å². The minimum atomic E-state index is -4.44. The fourth-order valence-electron chi connectivity index (χ4n) is 2.38. The molecule has 0 aliphatic carbocycles. The summed E-state index contributed by atoms with van der Waals surface area (Å²) in [5.41, 5.74) is 6.21. The summed E-state index contributed by atoms with van der Waals surface area (Å²) in [5.74, 6) is -0.271. The van der Waals surface area contributed by atoms with E-state index in [0.29, 0.717) is 11.1 Å². The SMILES string of the molecule is COc1cc(CNC(=O)C(C)(N)c2ccccc2)ccc1OCC(F)(F)F. The number of nitrogens with one attached hydrogen (secondary N) is 1. The Morgan fingerprint density at radius 2 is 1.78 bits per heavy atom. The van der Waals surface area contributed by atoms with Crippen LogP contribution in [-0.2, 0) is 16.9 Å². The number of hydrogen-bond acceptors (Lipinski definition) is 4.